The first-order valence-electron chi connectivity index (χ1n) is 7.78. The molecule has 1 fully saturated rings. The van der Waals surface area contributed by atoms with Crippen molar-refractivity contribution in [3.8, 4) is 0 Å². The molecule has 22 heavy (non-hydrogen) atoms. The van der Waals surface area contributed by atoms with E-state index in [1.165, 1.54) is 12.1 Å². The van der Waals surface area contributed by atoms with Crippen molar-refractivity contribution in [1.29, 1.82) is 0 Å². The van der Waals surface area contributed by atoms with E-state index >= 15 is 0 Å². The zero-order valence-corrected chi connectivity index (χ0v) is 14.5. The Morgan fingerprint density at radius 3 is 2.59 bits per heavy atom. The summed E-state index contributed by atoms with van der Waals surface area (Å²) in [5.74, 6) is -0.844. The van der Waals surface area contributed by atoms with Gasteiger partial charge in [0.05, 0.1) is 5.56 Å². The summed E-state index contributed by atoms with van der Waals surface area (Å²) in [7, 11) is 0. The van der Waals surface area contributed by atoms with Gasteiger partial charge in [-0.1, -0.05) is 22.9 Å². The molecule has 1 aromatic rings. The molecular formula is C16H23BrFN3O. The van der Waals surface area contributed by atoms with Crippen molar-refractivity contribution in [2.24, 2.45) is 0 Å². The lowest BCUT2D eigenvalue weighted by molar-refractivity contribution is 0.0944. The van der Waals surface area contributed by atoms with Crippen LogP contribution in [0.3, 0.4) is 0 Å². The number of nitrogens with zero attached hydrogens (tertiary/aromatic N) is 2. The number of benzene rings is 1. The minimum atomic E-state index is -0.498. The molecule has 0 bridgehead atoms. The van der Waals surface area contributed by atoms with Gasteiger partial charge in [-0.3, -0.25) is 4.79 Å². The number of halogens is 2. The molecule has 1 N–H and O–H groups in total. The first-order valence-corrected chi connectivity index (χ1v) is 8.57. The van der Waals surface area contributed by atoms with E-state index in [1.54, 1.807) is 6.07 Å². The average molecular weight is 372 g/mol. The summed E-state index contributed by atoms with van der Waals surface area (Å²) in [5, 5.41) is 2.79. The van der Waals surface area contributed by atoms with Crippen LogP contribution < -0.4 is 5.32 Å². The van der Waals surface area contributed by atoms with Gasteiger partial charge in [-0.25, -0.2) is 4.39 Å². The molecule has 1 saturated heterocycles. The molecule has 1 aliphatic rings. The summed E-state index contributed by atoms with van der Waals surface area (Å²) < 4.78 is 14.3. The van der Waals surface area contributed by atoms with Crippen LogP contribution in [0.4, 0.5) is 4.39 Å². The Morgan fingerprint density at radius 2 is 1.95 bits per heavy atom. The number of likely N-dealkylation sites (N-methyl/N-ethyl adjacent to an activating group) is 1. The van der Waals surface area contributed by atoms with Gasteiger partial charge in [0, 0.05) is 37.2 Å². The summed E-state index contributed by atoms with van der Waals surface area (Å²) in [4.78, 5) is 16.8. The van der Waals surface area contributed by atoms with Crippen molar-refractivity contribution in [2.45, 2.75) is 13.3 Å². The zero-order valence-electron chi connectivity index (χ0n) is 12.9. The first-order chi connectivity index (χ1) is 10.6. The van der Waals surface area contributed by atoms with E-state index in [4.69, 9.17) is 0 Å². The van der Waals surface area contributed by atoms with E-state index < -0.39 is 5.82 Å². The third-order valence-corrected chi connectivity index (χ3v) is 4.52. The van der Waals surface area contributed by atoms with E-state index in [1.807, 2.05) is 0 Å². The van der Waals surface area contributed by atoms with Crippen LogP contribution in [0.15, 0.2) is 22.7 Å². The molecule has 1 heterocycles. The van der Waals surface area contributed by atoms with Gasteiger partial charge in [0.1, 0.15) is 5.82 Å². The van der Waals surface area contributed by atoms with Gasteiger partial charge in [-0.05, 0) is 37.7 Å². The standard InChI is InChI=1S/C16H23BrFN3O/c1-2-20-8-10-21(11-9-20)7-3-6-19-16(22)14-5-4-13(17)12-15(14)18/h4-5,12H,2-3,6-11H2,1H3,(H,19,22). The third kappa shape index (κ3) is 5.04. The highest BCUT2D eigenvalue weighted by Crippen LogP contribution is 2.15. The number of rotatable bonds is 6. The Balaban J connectivity index is 1.67. The van der Waals surface area contributed by atoms with Crippen molar-refractivity contribution >= 4 is 21.8 Å². The molecule has 0 atom stereocenters. The lowest BCUT2D eigenvalue weighted by Gasteiger charge is -2.33. The molecule has 0 saturated carbocycles. The molecule has 1 amide bonds. The smallest absolute Gasteiger partial charge is 0.254 e. The second-order valence-electron chi connectivity index (χ2n) is 5.51. The van der Waals surface area contributed by atoms with Crippen molar-refractivity contribution in [2.75, 3.05) is 45.8 Å². The summed E-state index contributed by atoms with van der Waals surface area (Å²) in [6.45, 7) is 9.25. The zero-order chi connectivity index (χ0) is 15.9. The van der Waals surface area contributed by atoms with Crippen LogP contribution in [0.2, 0.25) is 0 Å². The molecule has 2 rings (SSSR count). The molecule has 0 unspecified atom stereocenters. The highest BCUT2D eigenvalue weighted by Gasteiger charge is 2.15. The minimum Gasteiger partial charge on any atom is -0.352 e. The summed E-state index contributed by atoms with van der Waals surface area (Å²) in [6.07, 6.45) is 0.885. The Bertz CT molecular complexity index is 504. The molecular weight excluding hydrogens is 349 g/mol. The normalized spacial score (nSPS) is 16.7. The number of hydrogen-bond acceptors (Lipinski definition) is 3. The predicted octanol–water partition coefficient (Wildman–Crippen LogP) is 2.35. The quantitative estimate of drug-likeness (QED) is 0.779. The SMILES string of the molecule is CCN1CCN(CCCNC(=O)c2ccc(Br)cc2F)CC1. The van der Waals surface area contributed by atoms with Crippen molar-refractivity contribution in [3.63, 3.8) is 0 Å². The summed E-state index contributed by atoms with van der Waals surface area (Å²) in [6, 6.07) is 4.48. The van der Waals surface area contributed by atoms with E-state index in [2.05, 4.69) is 38.0 Å². The first kappa shape index (κ1) is 17.4. The van der Waals surface area contributed by atoms with Gasteiger partial charge in [-0.15, -0.1) is 0 Å². The lowest BCUT2D eigenvalue weighted by Crippen LogP contribution is -2.46. The maximum Gasteiger partial charge on any atom is 0.254 e. The van der Waals surface area contributed by atoms with E-state index in [0.717, 1.165) is 45.7 Å². The average Bonchev–Trinajstić information content (AvgIpc) is 2.52. The van der Waals surface area contributed by atoms with E-state index in [-0.39, 0.29) is 11.5 Å². The number of carbonyl (C=O) groups is 1. The van der Waals surface area contributed by atoms with Crippen molar-refractivity contribution < 1.29 is 9.18 Å². The van der Waals surface area contributed by atoms with Crippen LogP contribution in [0.1, 0.15) is 23.7 Å². The molecule has 0 radical (unpaired) electrons. The molecule has 0 aromatic heterocycles. The van der Waals surface area contributed by atoms with Crippen molar-refractivity contribution in [3.05, 3.63) is 34.1 Å². The van der Waals surface area contributed by atoms with Crippen LogP contribution in [-0.4, -0.2) is 61.5 Å². The van der Waals surface area contributed by atoms with Gasteiger partial charge < -0.3 is 15.1 Å². The molecule has 1 aromatic carbocycles. The van der Waals surface area contributed by atoms with Crippen LogP contribution in [-0.2, 0) is 0 Å². The molecule has 4 nitrogen and oxygen atoms in total. The van der Waals surface area contributed by atoms with Gasteiger partial charge >= 0.3 is 0 Å². The van der Waals surface area contributed by atoms with Gasteiger partial charge in [0.15, 0.2) is 0 Å². The number of carbonyl (C=O) groups excluding carboxylic acids is 1. The van der Waals surface area contributed by atoms with E-state index in [0.29, 0.717) is 11.0 Å². The fourth-order valence-corrected chi connectivity index (χ4v) is 2.94. The second-order valence-corrected chi connectivity index (χ2v) is 6.43. The highest BCUT2D eigenvalue weighted by atomic mass is 79.9. The Morgan fingerprint density at radius 1 is 1.27 bits per heavy atom. The van der Waals surface area contributed by atoms with Crippen LogP contribution in [0, 0.1) is 5.82 Å². The van der Waals surface area contributed by atoms with Gasteiger partial charge in [0.25, 0.3) is 5.91 Å². The van der Waals surface area contributed by atoms with Gasteiger partial charge in [-0.2, -0.15) is 0 Å². The monoisotopic (exact) mass is 371 g/mol. The van der Waals surface area contributed by atoms with Crippen molar-refractivity contribution in [1.82, 2.24) is 15.1 Å². The maximum atomic E-state index is 13.7. The second kappa shape index (κ2) is 8.60. The largest absolute Gasteiger partial charge is 0.352 e. The fourth-order valence-electron chi connectivity index (χ4n) is 2.60. The Hall–Kier alpha value is -0.980. The summed E-state index contributed by atoms with van der Waals surface area (Å²) >= 11 is 3.18. The molecule has 6 heteroatoms. The molecule has 0 aliphatic carbocycles. The molecule has 0 spiro atoms. The van der Waals surface area contributed by atoms with Crippen LogP contribution in [0.5, 0.6) is 0 Å². The van der Waals surface area contributed by atoms with Crippen LogP contribution in [0.25, 0.3) is 0 Å². The number of nitrogens with one attached hydrogen (secondary N) is 1. The number of amides is 1. The minimum absolute atomic E-state index is 0.0970. The molecule has 1 aliphatic heterocycles. The topological polar surface area (TPSA) is 35.6 Å². The third-order valence-electron chi connectivity index (χ3n) is 4.02. The molecule has 122 valence electrons. The predicted molar refractivity (Wildman–Crippen MR) is 89.6 cm³/mol. The van der Waals surface area contributed by atoms with E-state index in [9.17, 15) is 9.18 Å². The Kier molecular flexibility index (Phi) is 6.79. The maximum absolute atomic E-state index is 13.7. The van der Waals surface area contributed by atoms with Gasteiger partial charge in [0.2, 0.25) is 0 Å². The lowest BCUT2D eigenvalue weighted by atomic mass is 10.2. The summed E-state index contributed by atoms with van der Waals surface area (Å²) in [5.41, 5.74) is 0.0970. The number of piperazine rings is 1. The Labute approximate surface area is 139 Å². The highest BCUT2D eigenvalue weighted by molar-refractivity contribution is 9.10. The van der Waals surface area contributed by atoms with Crippen LogP contribution >= 0.6 is 15.9 Å². The number of hydrogen-bond donors (Lipinski definition) is 1. The fraction of sp³-hybridized carbons (Fsp3) is 0.562.